The predicted molar refractivity (Wildman–Crippen MR) is 64.3 cm³/mol. The van der Waals surface area contributed by atoms with Crippen molar-refractivity contribution < 1.29 is 4.74 Å². The fourth-order valence-corrected chi connectivity index (χ4v) is 2.77. The molecule has 0 radical (unpaired) electrons. The SMILES string of the molecule is COCCCNC(c1cccs1)C1CC1. The van der Waals surface area contributed by atoms with Crippen LogP contribution in [0.4, 0.5) is 0 Å². The first-order valence-corrected chi connectivity index (χ1v) is 6.55. The van der Waals surface area contributed by atoms with Crippen molar-refractivity contribution in [3.63, 3.8) is 0 Å². The quantitative estimate of drug-likeness (QED) is 0.720. The third kappa shape index (κ3) is 3.30. The van der Waals surface area contributed by atoms with Crippen LogP contribution in [-0.4, -0.2) is 20.3 Å². The maximum Gasteiger partial charge on any atom is 0.0474 e. The van der Waals surface area contributed by atoms with Crippen LogP contribution < -0.4 is 5.32 Å². The lowest BCUT2D eigenvalue weighted by Gasteiger charge is -2.16. The minimum absolute atomic E-state index is 0.599. The van der Waals surface area contributed by atoms with Crippen LogP contribution in [0, 0.1) is 5.92 Å². The third-order valence-corrected chi connectivity index (χ3v) is 3.79. The average molecular weight is 225 g/mol. The van der Waals surface area contributed by atoms with E-state index in [-0.39, 0.29) is 0 Å². The van der Waals surface area contributed by atoms with Gasteiger partial charge in [-0.25, -0.2) is 0 Å². The van der Waals surface area contributed by atoms with Crippen LogP contribution in [0.15, 0.2) is 17.5 Å². The van der Waals surface area contributed by atoms with Gasteiger partial charge >= 0.3 is 0 Å². The lowest BCUT2D eigenvalue weighted by atomic mass is 10.1. The summed E-state index contributed by atoms with van der Waals surface area (Å²) in [5.41, 5.74) is 0. The van der Waals surface area contributed by atoms with E-state index < -0.39 is 0 Å². The van der Waals surface area contributed by atoms with Crippen LogP contribution in [0.1, 0.15) is 30.2 Å². The third-order valence-electron chi connectivity index (χ3n) is 2.83. The first-order chi connectivity index (χ1) is 7.42. The summed E-state index contributed by atoms with van der Waals surface area (Å²) in [7, 11) is 1.76. The van der Waals surface area contributed by atoms with Crippen LogP contribution in [0.5, 0.6) is 0 Å². The van der Waals surface area contributed by atoms with Crippen LogP contribution in [-0.2, 0) is 4.74 Å². The summed E-state index contributed by atoms with van der Waals surface area (Å²) in [4.78, 5) is 1.50. The zero-order valence-electron chi connectivity index (χ0n) is 9.24. The van der Waals surface area contributed by atoms with Crippen molar-refractivity contribution in [2.45, 2.75) is 25.3 Å². The molecule has 1 aromatic rings. The summed E-state index contributed by atoms with van der Waals surface area (Å²) in [5, 5.41) is 5.82. The van der Waals surface area contributed by atoms with E-state index in [4.69, 9.17) is 4.74 Å². The van der Waals surface area contributed by atoms with Gasteiger partial charge in [0.15, 0.2) is 0 Å². The summed E-state index contributed by atoms with van der Waals surface area (Å²) in [6.07, 6.45) is 3.88. The highest BCUT2D eigenvalue weighted by atomic mass is 32.1. The molecule has 2 rings (SSSR count). The molecule has 0 aromatic carbocycles. The highest BCUT2D eigenvalue weighted by molar-refractivity contribution is 7.10. The molecule has 1 aliphatic rings. The Balaban J connectivity index is 1.79. The lowest BCUT2D eigenvalue weighted by molar-refractivity contribution is 0.193. The Labute approximate surface area is 95.6 Å². The molecule has 0 aliphatic heterocycles. The molecule has 0 bridgehead atoms. The Morgan fingerprint density at radius 2 is 2.47 bits per heavy atom. The van der Waals surface area contributed by atoms with E-state index in [2.05, 4.69) is 22.8 Å². The van der Waals surface area contributed by atoms with Crippen molar-refractivity contribution in [2.24, 2.45) is 5.92 Å². The Kier molecular flexibility index (Phi) is 4.18. The molecule has 1 aromatic heterocycles. The van der Waals surface area contributed by atoms with Gasteiger partial charge in [0, 0.05) is 24.6 Å². The Morgan fingerprint density at radius 3 is 3.07 bits per heavy atom. The number of thiophene rings is 1. The van der Waals surface area contributed by atoms with Crippen LogP contribution in [0.2, 0.25) is 0 Å². The van der Waals surface area contributed by atoms with Crippen molar-refractivity contribution in [1.82, 2.24) is 5.32 Å². The van der Waals surface area contributed by atoms with Crippen LogP contribution >= 0.6 is 11.3 Å². The predicted octanol–water partition coefficient (Wildman–Crippen LogP) is 2.83. The lowest BCUT2D eigenvalue weighted by Crippen LogP contribution is -2.24. The van der Waals surface area contributed by atoms with Crippen molar-refractivity contribution in [2.75, 3.05) is 20.3 Å². The molecule has 1 aliphatic carbocycles. The summed E-state index contributed by atoms with van der Waals surface area (Å²) >= 11 is 1.87. The topological polar surface area (TPSA) is 21.3 Å². The zero-order chi connectivity index (χ0) is 10.5. The van der Waals surface area contributed by atoms with Gasteiger partial charge in [-0.15, -0.1) is 11.3 Å². The fourth-order valence-electron chi connectivity index (χ4n) is 1.87. The Bertz CT molecular complexity index is 269. The first kappa shape index (κ1) is 11.1. The summed E-state index contributed by atoms with van der Waals surface area (Å²) in [5.74, 6) is 0.881. The Hall–Kier alpha value is -0.380. The molecule has 1 saturated carbocycles. The van der Waals surface area contributed by atoms with E-state index in [0.717, 1.165) is 25.5 Å². The normalized spacial score (nSPS) is 17.9. The summed E-state index contributed by atoms with van der Waals surface area (Å²) in [6.45, 7) is 1.92. The van der Waals surface area contributed by atoms with E-state index in [1.165, 1.54) is 17.7 Å². The summed E-state index contributed by atoms with van der Waals surface area (Å²) < 4.78 is 5.05. The highest BCUT2D eigenvalue weighted by Gasteiger charge is 2.32. The molecule has 1 fully saturated rings. The monoisotopic (exact) mass is 225 g/mol. The van der Waals surface area contributed by atoms with Crippen molar-refractivity contribution >= 4 is 11.3 Å². The molecular weight excluding hydrogens is 206 g/mol. The van der Waals surface area contributed by atoms with Gasteiger partial charge in [0.1, 0.15) is 0 Å². The molecule has 1 heterocycles. The standard InChI is InChI=1S/C12H19NOS/c1-14-8-3-7-13-12(10-5-6-10)11-4-2-9-15-11/h2,4,9-10,12-13H,3,5-8H2,1H3. The average Bonchev–Trinajstić information content (AvgIpc) is 2.93. The van der Waals surface area contributed by atoms with Crippen LogP contribution in [0.25, 0.3) is 0 Å². The molecule has 0 spiro atoms. The molecule has 3 heteroatoms. The molecule has 15 heavy (non-hydrogen) atoms. The number of nitrogens with one attached hydrogen (secondary N) is 1. The highest BCUT2D eigenvalue weighted by Crippen LogP contribution is 2.42. The molecule has 0 saturated heterocycles. The minimum atomic E-state index is 0.599. The number of ether oxygens (including phenoxy) is 1. The number of hydrogen-bond acceptors (Lipinski definition) is 3. The van der Waals surface area contributed by atoms with Gasteiger partial charge in [0.2, 0.25) is 0 Å². The van der Waals surface area contributed by atoms with Crippen LogP contribution in [0.3, 0.4) is 0 Å². The van der Waals surface area contributed by atoms with Gasteiger partial charge in [-0.1, -0.05) is 6.07 Å². The van der Waals surface area contributed by atoms with E-state index in [1.807, 2.05) is 11.3 Å². The van der Waals surface area contributed by atoms with Gasteiger partial charge in [-0.05, 0) is 43.2 Å². The second-order valence-electron chi connectivity index (χ2n) is 4.13. The van der Waals surface area contributed by atoms with Crippen molar-refractivity contribution in [1.29, 1.82) is 0 Å². The maximum atomic E-state index is 5.05. The van der Waals surface area contributed by atoms with Crippen molar-refractivity contribution in [3.05, 3.63) is 22.4 Å². The number of methoxy groups -OCH3 is 1. The zero-order valence-corrected chi connectivity index (χ0v) is 10.1. The summed E-state index contributed by atoms with van der Waals surface area (Å²) in [6, 6.07) is 4.99. The second kappa shape index (κ2) is 5.64. The smallest absolute Gasteiger partial charge is 0.0474 e. The molecule has 1 N–H and O–H groups in total. The molecule has 1 unspecified atom stereocenters. The van der Waals surface area contributed by atoms with E-state index in [1.54, 1.807) is 7.11 Å². The fraction of sp³-hybridized carbons (Fsp3) is 0.667. The Morgan fingerprint density at radius 1 is 1.60 bits per heavy atom. The number of hydrogen-bond donors (Lipinski definition) is 1. The van der Waals surface area contributed by atoms with Gasteiger partial charge < -0.3 is 10.1 Å². The molecule has 0 amide bonds. The molecular formula is C12H19NOS. The minimum Gasteiger partial charge on any atom is -0.385 e. The van der Waals surface area contributed by atoms with Gasteiger partial charge in [-0.3, -0.25) is 0 Å². The molecule has 84 valence electrons. The van der Waals surface area contributed by atoms with Gasteiger partial charge in [0.25, 0.3) is 0 Å². The second-order valence-corrected chi connectivity index (χ2v) is 5.11. The number of rotatable bonds is 7. The first-order valence-electron chi connectivity index (χ1n) is 5.67. The maximum absolute atomic E-state index is 5.05. The van der Waals surface area contributed by atoms with E-state index >= 15 is 0 Å². The van der Waals surface area contributed by atoms with Crippen molar-refractivity contribution in [3.8, 4) is 0 Å². The largest absolute Gasteiger partial charge is 0.385 e. The van der Waals surface area contributed by atoms with E-state index in [0.29, 0.717) is 6.04 Å². The van der Waals surface area contributed by atoms with Gasteiger partial charge in [-0.2, -0.15) is 0 Å². The molecule has 1 atom stereocenters. The van der Waals surface area contributed by atoms with Gasteiger partial charge in [0.05, 0.1) is 0 Å². The van der Waals surface area contributed by atoms with E-state index in [9.17, 15) is 0 Å². The molecule has 2 nitrogen and oxygen atoms in total.